The van der Waals surface area contributed by atoms with Crippen molar-refractivity contribution in [1.29, 1.82) is 0 Å². The third kappa shape index (κ3) is 7.12. The highest BCUT2D eigenvalue weighted by Gasteiger charge is 2.38. The van der Waals surface area contributed by atoms with Crippen molar-refractivity contribution in [2.45, 2.75) is 81.2 Å². The van der Waals surface area contributed by atoms with Crippen LogP contribution in [-0.4, -0.2) is 81.0 Å². The first-order valence-corrected chi connectivity index (χ1v) is 15.9. The number of aliphatic carboxylic acids is 1. The summed E-state index contributed by atoms with van der Waals surface area (Å²) < 4.78 is 0. The topological polar surface area (TPSA) is 88.4 Å². The number of hydrogen-bond donors (Lipinski definition) is 3. The van der Waals surface area contributed by atoms with Crippen LogP contribution in [0, 0.1) is 0 Å². The number of nitrogens with one attached hydrogen (secondary N) is 1. The second-order valence-electron chi connectivity index (χ2n) is 11.6. The van der Waals surface area contributed by atoms with Crippen molar-refractivity contribution in [3.05, 3.63) is 81.5 Å². The molecule has 7 nitrogen and oxygen atoms in total. The van der Waals surface area contributed by atoms with Crippen LogP contribution < -0.4 is 5.32 Å². The van der Waals surface area contributed by atoms with Gasteiger partial charge in [-0.05, 0) is 80.3 Å². The van der Waals surface area contributed by atoms with Crippen LogP contribution in [0.25, 0.3) is 0 Å². The minimum absolute atomic E-state index is 0.0442. The second kappa shape index (κ2) is 13.5. The molecule has 220 valence electrons. The van der Waals surface area contributed by atoms with Gasteiger partial charge >= 0.3 is 5.97 Å². The number of hydrogen-bond acceptors (Lipinski definition) is 6. The van der Waals surface area contributed by atoms with Crippen molar-refractivity contribution in [2.75, 3.05) is 19.6 Å². The lowest BCUT2D eigenvalue weighted by atomic mass is 9.94. The summed E-state index contributed by atoms with van der Waals surface area (Å²) in [7, 11) is 0. The molecule has 41 heavy (non-hydrogen) atoms. The molecule has 0 spiro atoms. The summed E-state index contributed by atoms with van der Waals surface area (Å²) in [6.45, 7) is 6.21. The van der Waals surface area contributed by atoms with E-state index in [1.807, 2.05) is 49.5 Å². The minimum atomic E-state index is -0.896. The fourth-order valence-electron chi connectivity index (χ4n) is 6.55. The number of aliphatic hydroxyl groups excluding tert-OH is 1. The van der Waals surface area contributed by atoms with Crippen molar-refractivity contribution < 1.29 is 15.0 Å². The number of aliphatic imine (C=N–C) groups is 1. The van der Waals surface area contributed by atoms with Crippen LogP contribution in [0.15, 0.2) is 64.8 Å². The Bertz CT molecular complexity index is 1290. The van der Waals surface area contributed by atoms with Crippen molar-refractivity contribution in [1.82, 2.24) is 15.1 Å². The minimum Gasteiger partial charge on any atom is -0.480 e. The van der Waals surface area contributed by atoms with Gasteiger partial charge in [0.25, 0.3) is 0 Å². The smallest absolute Gasteiger partial charge is 0.320 e. The molecule has 0 amide bonds. The lowest BCUT2D eigenvalue weighted by Gasteiger charge is -2.46. The molecule has 2 aromatic rings. The van der Waals surface area contributed by atoms with Crippen LogP contribution in [0.4, 0.5) is 0 Å². The summed E-state index contributed by atoms with van der Waals surface area (Å²) >= 11 is 10.1. The predicted octanol–water partition coefficient (Wildman–Crippen LogP) is 5.21. The molecular weight excluding hydrogens is 604 g/mol. The van der Waals surface area contributed by atoms with Gasteiger partial charge in [-0.25, -0.2) is 0 Å². The van der Waals surface area contributed by atoms with E-state index in [2.05, 4.69) is 50.1 Å². The third-order valence-electron chi connectivity index (χ3n) is 8.72. The molecule has 0 aromatic heterocycles. The standard InChI is InChI=1S/C32H40BrClN4O3/c1-20-19-37(30-27-12-11-26(34)17-23(27)9-10-24-16-25(33)18-35-29(24)30)14-15-38(20)31(39)21(2)36-28(32(40)41)13-8-22-6-4-3-5-7-22/h3-7,11-12,17-18,20-21,25,28,30-31,36,39H,8-10,13-16,19H2,1-2H3,(H,40,41)/t20-,21?,25?,28?,30?,31?/m0/s1. The summed E-state index contributed by atoms with van der Waals surface area (Å²) in [5.74, 6) is -0.896. The Morgan fingerprint density at radius 1 is 1.20 bits per heavy atom. The normalized spacial score (nSPS) is 25.6. The van der Waals surface area contributed by atoms with Crippen LogP contribution in [0.5, 0.6) is 0 Å². The first-order chi connectivity index (χ1) is 19.7. The number of fused-ring (bicyclic) bond motifs is 1. The number of carboxylic acid groups (broad SMARTS) is 1. The first-order valence-electron chi connectivity index (χ1n) is 14.6. The average molecular weight is 644 g/mol. The van der Waals surface area contributed by atoms with E-state index in [1.165, 1.54) is 16.7 Å². The Morgan fingerprint density at radius 2 is 1.98 bits per heavy atom. The van der Waals surface area contributed by atoms with Gasteiger partial charge in [0.15, 0.2) is 0 Å². The van der Waals surface area contributed by atoms with Crippen LogP contribution in [0.3, 0.4) is 0 Å². The highest BCUT2D eigenvalue weighted by Crippen LogP contribution is 2.42. The van der Waals surface area contributed by atoms with Crippen molar-refractivity contribution in [3.63, 3.8) is 0 Å². The number of benzene rings is 2. The van der Waals surface area contributed by atoms with Gasteiger partial charge in [0, 0.05) is 43.0 Å². The lowest BCUT2D eigenvalue weighted by molar-refractivity contribution is -0.140. The molecule has 3 N–H and O–H groups in total. The van der Waals surface area contributed by atoms with Gasteiger partial charge in [-0.3, -0.25) is 24.9 Å². The Morgan fingerprint density at radius 3 is 2.71 bits per heavy atom. The molecule has 0 bridgehead atoms. The summed E-state index contributed by atoms with van der Waals surface area (Å²) in [5.41, 5.74) is 6.20. The van der Waals surface area contributed by atoms with Gasteiger partial charge in [0.2, 0.25) is 0 Å². The van der Waals surface area contributed by atoms with Crippen molar-refractivity contribution in [2.24, 2.45) is 4.99 Å². The molecule has 3 aliphatic rings. The Labute approximate surface area is 256 Å². The van der Waals surface area contributed by atoms with Crippen LogP contribution in [-0.2, 0) is 17.6 Å². The Kier molecular flexibility index (Phi) is 10.00. The van der Waals surface area contributed by atoms with Crippen LogP contribution >= 0.6 is 27.5 Å². The monoisotopic (exact) mass is 642 g/mol. The van der Waals surface area contributed by atoms with Gasteiger partial charge in [0.1, 0.15) is 12.3 Å². The molecule has 6 atom stereocenters. The number of aliphatic hydroxyl groups is 1. The van der Waals surface area contributed by atoms with E-state index < -0.39 is 24.3 Å². The van der Waals surface area contributed by atoms with E-state index in [1.54, 1.807) is 0 Å². The van der Waals surface area contributed by atoms with Gasteiger partial charge in [-0.15, -0.1) is 0 Å². The molecule has 9 heteroatoms. The highest BCUT2D eigenvalue weighted by molar-refractivity contribution is 9.10. The van der Waals surface area contributed by atoms with Crippen molar-refractivity contribution >= 4 is 39.7 Å². The zero-order valence-electron chi connectivity index (χ0n) is 23.7. The molecule has 1 aliphatic carbocycles. The summed E-state index contributed by atoms with van der Waals surface area (Å²) in [6.07, 6.45) is 5.22. The lowest BCUT2D eigenvalue weighted by Crippen LogP contribution is -2.61. The third-order valence-corrected chi connectivity index (χ3v) is 9.52. The number of aryl methyl sites for hydroxylation is 2. The van der Waals surface area contributed by atoms with E-state index in [0.717, 1.165) is 48.6 Å². The maximum Gasteiger partial charge on any atom is 0.320 e. The predicted molar refractivity (Wildman–Crippen MR) is 168 cm³/mol. The molecule has 2 aromatic carbocycles. The number of carboxylic acids is 1. The van der Waals surface area contributed by atoms with Gasteiger partial charge < -0.3 is 10.2 Å². The van der Waals surface area contributed by atoms with Crippen LogP contribution in [0.1, 0.15) is 55.8 Å². The Hall–Kier alpha value is -2.07. The van der Waals surface area contributed by atoms with Crippen LogP contribution in [0.2, 0.25) is 5.02 Å². The maximum absolute atomic E-state index is 12.0. The quantitative estimate of drug-likeness (QED) is 0.326. The van der Waals surface area contributed by atoms with E-state index in [0.29, 0.717) is 19.4 Å². The maximum atomic E-state index is 12.0. The second-order valence-corrected chi connectivity index (χ2v) is 13.2. The molecule has 2 aliphatic heterocycles. The molecule has 2 heterocycles. The van der Waals surface area contributed by atoms with E-state index in [9.17, 15) is 15.0 Å². The van der Waals surface area contributed by atoms with E-state index in [4.69, 9.17) is 16.6 Å². The fourth-order valence-corrected chi connectivity index (χ4v) is 7.25. The Balaban J connectivity index is 1.27. The largest absolute Gasteiger partial charge is 0.480 e. The summed E-state index contributed by atoms with van der Waals surface area (Å²) in [5, 5.41) is 25.2. The number of rotatable bonds is 9. The molecule has 0 radical (unpaired) electrons. The highest BCUT2D eigenvalue weighted by atomic mass is 79.9. The zero-order valence-corrected chi connectivity index (χ0v) is 26.1. The van der Waals surface area contributed by atoms with Gasteiger partial charge in [-0.1, -0.05) is 63.9 Å². The summed E-state index contributed by atoms with van der Waals surface area (Å²) in [6, 6.07) is 15.1. The fraction of sp³-hybridized carbons (Fsp3) is 0.500. The van der Waals surface area contributed by atoms with Gasteiger partial charge in [0.05, 0.1) is 16.6 Å². The number of alkyl halides is 1. The molecule has 0 saturated carbocycles. The average Bonchev–Trinajstić information content (AvgIpc) is 3.11. The van der Waals surface area contributed by atoms with E-state index in [-0.39, 0.29) is 16.9 Å². The number of allylic oxidation sites excluding steroid dienone is 1. The molecular formula is C32H40BrClN4O3. The number of halogens is 2. The molecule has 5 rings (SSSR count). The SMILES string of the molecule is CC(NC(CCc1ccccc1)C(=O)O)C(O)N1CCN(C2C3=C(CCc4cc(Cl)ccc42)CC(Br)C=N3)C[C@@H]1C. The zero-order chi connectivity index (χ0) is 29.1. The summed E-state index contributed by atoms with van der Waals surface area (Å²) in [4.78, 5) is 21.8. The van der Waals surface area contributed by atoms with Gasteiger partial charge in [-0.2, -0.15) is 0 Å². The number of nitrogens with zero attached hydrogens (tertiary/aromatic N) is 3. The first kappa shape index (κ1) is 30.4. The van der Waals surface area contributed by atoms with Crippen molar-refractivity contribution in [3.8, 4) is 0 Å². The number of carbonyl (C=O) groups is 1. The number of piperazine rings is 1. The molecule has 5 unspecified atom stereocenters. The molecule has 1 fully saturated rings. The van der Waals surface area contributed by atoms with E-state index >= 15 is 0 Å². The molecule has 1 saturated heterocycles.